The zero-order valence-electron chi connectivity index (χ0n) is 14.3. The predicted octanol–water partition coefficient (Wildman–Crippen LogP) is 1.08. The maximum Gasteiger partial charge on any atom is 0.237 e. The normalized spacial score (nSPS) is 18.5. The molecule has 1 amide bonds. The fraction of sp³-hybridized carbons (Fsp3) is 0.588. The largest absolute Gasteiger partial charge is 0.352 e. The molecule has 7 heteroatoms. The van der Waals surface area contributed by atoms with E-state index in [1.165, 1.54) is 4.31 Å². The lowest BCUT2D eigenvalue weighted by Gasteiger charge is -2.32. The zero-order chi connectivity index (χ0) is 17.7. The maximum atomic E-state index is 12.5. The number of nitrogens with zero attached hydrogens (tertiary/aromatic N) is 1. The van der Waals surface area contributed by atoms with Gasteiger partial charge in [0.15, 0.2) is 0 Å². The van der Waals surface area contributed by atoms with Gasteiger partial charge in [0.1, 0.15) is 0 Å². The number of nitrogens with one attached hydrogen (secondary N) is 1. The number of carbonyl (C=O) groups is 1. The average Bonchev–Trinajstić information content (AvgIpc) is 2.55. The van der Waals surface area contributed by atoms with Crippen LogP contribution in [0.4, 0.5) is 0 Å². The summed E-state index contributed by atoms with van der Waals surface area (Å²) < 4.78 is 26.5. The standard InChI is InChI=1S/C17H27N3O3S/c1-13(2)16(18)17(21)19-15-8-10-20(11-9-15)24(22,23)12-14-6-4-3-5-7-14/h3-7,13,15-16H,8-12,18H2,1-2H3,(H,19,21)/t16-/m0/s1. The molecule has 134 valence electrons. The van der Waals surface area contributed by atoms with Crippen LogP contribution >= 0.6 is 0 Å². The Morgan fingerprint density at radius 1 is 1.25 bits per heavy atom. The van der Waals surface area contributed by atoms with E-state index in [0.29, 0.717) is 25.9 Å². The molecule has 1 aromatic carbocycles. The highest BCUT2D eigenvalue weighted by Gasteiger charge is 2.29. The van der Waals surface area contributed by atoms with Gasteiger partial charge in [-0.05, 0) is 24.3 Å². The van der Waals surface area contributed by atoms with Crippen LogP contribution in [-0.4, -0.2) is 43.8 Å². The minimum atomic E-state index is -3.32. The van der Waals surface area contributed by atoms with Crippen LogP contribution in [0.25, 0.3) is 0 Å². The van der Waals surface area contributed by atoms with Gasteiger partial charge < -0.3 is 11.1 Å². The third kappa shape index (κ3) is 5.03. The van der Waals surface area contributed by atoms with Crippen molar-refractivity contribution >= 4 is 15.9 Å². The van der Waals surface area contributed by atoms with Gasteiger partial charge >= 0.3 is 0 Å². The van der Waals surface area contributed by atoms with Crippen molar-refractivity contribution in [1.29, 1.82) is 0 Å². The molecule has 1 heterocycles. The van der Waals surface area contributed by atoms with Crippen molar-refractivity contribution in [1.82, 2.24) is 9.62 Å². The molecule has 6 nitrogen and oxygen atoms in total. The van der Waals surface area contributed by atoms with Crippen LogP contribution in [-0.2, 0) is 20.6 Å². The van der Waals surface area contributed by atoms with Crippen LogP contribution in [0.1, 0.15) is 32.3 Å². The zero-order valence-corrected chi connectivity index (χ0v) is 15.1. The van der Waals surface area contributed by atoms with Gasteiger partial charge in [0, 0.05) is 19.1 Å². The summed E-state index contributed by atoms with van der Waals surface area (Å²) in [7, 11) is -3.32. The molecule has 3 N–H and O–H groups in total. The highest BCUT2D eigenvalue weighted by molar-refractivity contribution is 7.88. The molecule has 0 aliphatic carbocycles. The molecule has 0 aromatic heterocycles. The number of rotatable bonds is 6. The molecular weight excluding hydrogens is 326 g/mol. The van der Waals surface area contributed by atoms with Crippen LogP contribution in [0.5, 0.6) is 0 Å². The Bertz CT molecular complexity index is 638. The lowest BCUT2D eigenvalue weighted by molar-refractivity contribution is -0.124. The Hall–Kier alpha value is -1.44. The number of carbonyl (C=O) groups excluding carboxylic acids is 1. The second-order valence-electron chi connectivity index (χ2n) is 6.69. The van der Waals surface area contributed by atoms with Crippen LogP contribution in [0.2, 0.25) is 0 Å². The van der Waals surface area contributed by atoms with Gasteiger partial charge in [-0.3, -0.25) is 4.79 Å². The Balaban J connectivity index is 1.87. The molecule has 1 saturated heterocycles. The molecule has 1 aromatic rings. The average molecular weight is 353 g/mol. The molecule has 0 unspecified atom stereocenters. The second-order valence-corrected chi connectivity index (χ2v) is 8.66. The Kier molecular flexibility index (Phi) is 6.37. The number of amides is 1. The SMILES string of the molecule is CC(C)[C@H](N)C(=O)NC1CCN(S(=O)(=O)Cc2ccccc2)CC1. The molecular formula is C17H27N3O3S. The van der Waals surface area contributed by atoms with E-state index in [-0.39, 0.29) is 23.6 Å². The molecule has 2 rings (SSSR count). The fourth-order valence-electron chi connectivity index (χ4n) is 2.75. The van der Waals surface area contributed by atoms with Crippen molar-refractivity contribution in [2.45, 2.75) is 44.5 Å². The summed E-state index contributed by atoms with van der Waals surface area (Å²) in [5, 5.41) is 2.94. The number of sulfonamides is 1. The number of piperidine rings is 1. The minimum absolute atomic E-state index is 0.00882. The minimum Gasteiger partial charge on any atom is -0.352 e. The molecule has 1 aliphatic rings. The molecule has 1 fully saturated rings. The van der Waals surface area contributed by atoms with Crippen molar-refractivity contribution in [3.05, 3.63) is 35.9 Å². The van der Waals surface area contributed by atoms with Gasteiger partial charge in [-0.15, -0.1) is 0 Å². The van der Waals surface area contributed by atoms with E-state index in [1.807, 2.05) is 44.2 Å². The summed E-state index contributed by atoms with van der Waals surface area (Å²) in [5.41, 5.74) is 6.63. The fourth-order valence-corrected chi connectivity index (χ4v) is 4.32. The van der Waals surface area contributed by atoms with E-state index in [0.717, 1.165) is 5.56 Å². The van der Waals surface area contributed by atoms with Crippen molar-refractivity contribution in [3.63, 3.8) is 0 Å². The first-order chi connectivity index (χ1) is 11.3. The number of nitrogens with two attached hydrogens (primary N) is 1. The predicted molar refractivity (Wildman–Crippen MR) is 94.6 cm³/mol. The molecule has 1 atom stereocenters. The number of hydrogen-bond donors (Lipinski definition) is 2. The van der Waals surface area contributed by atoms with Crippen LogP contribution in [0, 0.1) is 5.92 Å². The third-order valence-corrected chi connectivity index (χ3v) is 6.26. The van der Waals surface area contributed by atoms with Crippen molar-refractivity contribution in [2.24, 2.45) is 11.7 Å². The van der Waals surface area contributed by atoms with E-state index >= 15 is 0 Å². The maximum absolute atomic E-state index is 12.5. The van der Waals surface area contributed by atoms with Crippen LogP contribution in [0.3, 0.4) is 0 Å². The van der Waals surface area contributed by atoms with Gasteiger partial charge in [0.25, 0.3) is 0 Å². The van der Waals surface area contributed by atoms with Crippen molar-refractivity contribution < 1.29 is 13.2 Å². The Labute approximate surface area is 144 Å². The van der Waals surface area contributed by atoms with E-state index < -0.39 is 16.1 Å². The quantitative estimate of drug-likeness (QED) is 0.800. The van der Waals surface area contributed by atoms with Gasteiger partial charge in [0.05, 0.1) is 11.8 Å². The molecule has 24 heavy (non-hydrogen) atoms. The summed E-state index contributed by atoms with van der Waals surface area (Å²) in [6, 6.07) is 8.65. The van der Waals surface area contributed by atoms with Crippen LogP contribution < -0.4 is 11.1 Å². The lowest BCUT2D eigenvalue weighted by atomic mass is 10.0. The first kappa shape index (κ1) is 18.9. The topological polar surface area (TPSA) is 92.5 Å². The van der Waals surface area contributed by atoms with Crippen molar-refractivity contribution in [2.75, 3.05) is 13.1 Å². The molecule has 0 spiro atoms. The highest BCUT2D eigenvalue weighted by Crippen LogP contribution is 2.18. The number of hydrogen-bond acceptors (Lipinski definition) is 4. The van der Waals surface area contributed by atoms with Crippen LogP contribution in [0.15, 0.2) is 30.3 Å². The van der Waals surface area contributed by atoms with Gasteiger partial charge in [-0.1, -0.05) is 44.2 Å². The highest BCUT2D eigenvalue weighted by atomic mass is 32.2. The van der Waals surface area contributed by atoms with Gasteiger partial charge in [-0.25, -0.2) is 12.7 Å². The summed E-state index contributed by atoms with van der Waals surface area (Å²) in [5.74, 6) is -0.0600. The molecule has 1 aliphatic heterocycles. The first-order valence-corrected chi connectivity index (χ1v) is 9.98. The lowest BCUT2D eigenvalue weighted by Crippen LogP contribution is -2.51. The van der Waals surface area contributed by atoms with E-state index in [9.17, 15) is 13.2 Å². The monoisotopic (exact) mass is 353 g/mol. The van der Waals surface area contributed by atoms with E-state index in [1.54, 1.807) is 0 Å². The molecule has 0 saturated carbocycles. The smallest absolute Gasteiger partial charge is 0.237 e. The molecule has 0 radical (unpaired) electrons. The summed E-state index contributed by atoms with van der Waals surface area (Å²) >= 11 is 0. The molecule has 0 bridgehead atoms. The Morgan fingerprint density at radius 3 is 2.38 bits per heavy atom. The summed E-state index contributed by atoms with van der Waals surface area (Å²) in [6.07, 6.45) is 1.23. The van der Waals surface area contributed by atoms with Gasteiger partial charge in [0.2, 0.25) is 15.9 Å². The van der Waals surface area contributed by atoms with E-state index in [2.05, 4.69) is 5.32 Å². The second kappa shape index (κ2) is 8.09. The Morgan fingerprint density at radius 2 is 1.83 bits per heavy atom. The van der Waals surface area contributed by atoms with Gasteiger partial charge in [-0.2, -0.15) is 0 Å². The summed E-state index contributed by atoms with van der Waals surface area (Å²) in [6.45, 7) is 4.67. The third-order valence-electron chi connectivity index (χ3n) is 4.41. The van der Waals surface area contributed by atoms with Crippen molar-refractivity contribution in [3.8, 4) is 0 Å². The summed E-state index contributed by atoms with van der Waals surface area (Å²) in [4.78, 5) is 12.0. The number of benzene rings is 1. The van der Waals surface area contributed by atoms with E-state index in [4.69, 9.17) is 5.73 Å². The first-order valence-electron chi connectivity index (χ1n) is 8.37.